The standard InChI is InChI=1S/C11H21N3O2/c1-10(15)12-5-3-4-11(16)14-8-6-13(2)7-9-14/h3-9H2,1-2H3,(H,12,15). The minimum absolute atomic E-state index is 0.0351. The van der Waals surface area contributed by atoms with Gasteiger partial charge in [-0.1, -0.05) is 0 Å². The molecule has 0 spiro atoms. The van der Waals surface area contributed by atoms with Gasteiger partial charge < -0.3 is 15.1 Å². The molecule has 1 heterocycles. The minimum Gasteiger partial charge on any atom is -0.356 e. The highest BCUT2D eigenvalue weighted by molar-refractivity contribution is 5.76. The number of hydrogen-bond acceptors (Lipinski definition) is 3. The Hall–Kier alpha value is -1.10. The number of hydrogen-bond donors (Lipinski definition) is 1. The van der Waals surface area contributed by atoms with Crippen LogP contribution in [0.5, 0.6) is 0 Å². The fourth-order valence-corrected chi connectivity index (χ4v) is 1.72. The van der Waals surface area contributed by atoms with E-state index in [0.717, 1.165) is 32.6 Å². The zero-order valence-electron chi connectivity index (χ0n) is 10.2. The molecular weight excluding hydrogens is 206 g/mol. The van der Waals surface area contributed by atoms with E-state index in [1.54, 1.807) is 0 Å². The van der Waals surface area contributed by atoms with Gasteiger partial charge in [0.1, 0.15) is 0 Å². The predicted octanol–water partition coefficient (Wildman–Crippen LogP) is -0.323. The van der Waals surface area contributed by atoms with Crippen molar-refractivity contribution in [2.45, 2.75) is 19.8 Å². The van der Waals surface area contributed by atoms with Crippen LogP contribution in [0.25, 0.3) is 0 Å². The number of rotatable bonds is 4. The summed E-state index contributed by atoms with van der Waals surface area (Å²) >= 11 is 0. The van der Waals surface area contributed by atoms with Crippen molar-refractivity contribution in [2.75, 3.05) is 39.8 Å². The highest BCUT2D eigenvalue weighted by Crippen LogP contribution is 2.03. The zero-order valence-corrected chi connectivity index (χ0v) is 10.2. The molecule has 0 aromatic rings. The molecule has 5 heteroatoms. The molecule has 0 bridgehead atoms. The van der Waals surface area contributed by atoms with E-state index in [2.05, 4.69) is 17.3 Å². The van der Waals surface area contributed by atoms with Crippen molar-refractivity contribution >= 4 is 11.8 Å². The number of likely N-dealkylation sites (N-methyl/N-ethyl adjacent to an activating group) is 1. The maximum Gasteiger partial charge on any atom is 0.222 e. The van der Waals surface area contributed by atoms with Crippen molar-refractivity contribution in [1.82, 2.24) is 15.1 Å². The Morgan fingerprint density at radius 2 is 1.81 bits per heavy atom. The van der Waals surface area contributed by atoms with Crippen LogP contribution in [-0.4, -0.2) is 61.4 Å². The van der Waals surface area contributed by atoms with Crippen LogP contribution >= 0.6 is 0 Å². The first-order chi connectivity index (χ1) is 7.59. The van der Waals surface area contributed by atoms with Crippen molar-refractivity contribution in [1.29, 1.82) is 0 Å². The molecule has 1 saturated heterocycles. The van der Waals surface area contributed by atoms with Crippen LogP contribution in [0.1, 0.15) is 19.8 Å². The first kappa shape index (κ1) is 13.0. The van der Waals surface area contributed by atoms with Crippen molar-refractivity contribution < 1.29 is 9.59 Å². The molecule has 0 aromatic carbocycles. The zero-order chi connectivity index (χ0) is 12.0. The third-order valence-electron chi connectivity index (χ3n) is 2.80. The third-order valence-corrected chi connectivity index (χ3v) is 2.80. The Bertz CT molecular complexity index is 248. The minimum atomic E-state index is -0.0351. The van der Waals surface area contributed by atoms with Gasteiger partial charge in [0.15, 0.2) is 0 Å². The molecule has 0 aromatic heterocycles. The fraction of sp³-hybridized carbons (Fsp3) is 0.818. The molecule has 0 aliphatic carbocycles. The van der Waals surface area contributed by atoms with Crippen LogP contribution in [0.15, 0.2) is 0 Å². The molecule has 2 amide bonds. The van der Waals surface area contributed by atoms with Crippen LogP contribution < -0.4 is 5.32 Å². The van der Waals surface area contributed by atoms with Crippen molar-refractivity contribution in [3.63, 3.8) is 0 Å². The summed E-state index contributed by atoms with van der Waals surface area (Å²) in [6.07, 6.45) is 1.26. The van der Waals surface area contributed by atoms with E-state index in [1.165, 1.54) is 6.92 Å². The summed E-state index contributed by atoms with van der Waals surface area (Å²) in [6.45, 7) is 5.65. The van der Waals surface area contributed by atoms with Gasteiger partial charge in [-0.2, -0.15) is 0 Å². The molecule has 0 saturated carbocycles. The van der Waals surface area contributed by atoms with Gasteiger partial charge in [-0.3, -0.25) is 9.59 Å². The summed E-state index contributed by atoms with van der Waals surface area (Å²) in [5.41, 5.74) is 0. The topological polar surface area (TPSA) is 52.7 Å². The summed E-state index contributed by atoms with van der Waals surface area (Å²) in [7, 11) is 2.07. The third kappa shape index (κ3) is 4.61. The van der Waals surface area contributed by atoms with E-state index < -0.39 is 0 Å². The van der Waals surface area contributed by atoms with Gasteiger partial charge in [0.2, 0.25) is 11.8 Å². The van der Waals surface area contributed by atoms with Gasteiger partial charge in [-0.15, -0.1) is 0 Å². The lowest BCUT2D eigenvalue weighted by molar-refractivity contribution is -0.133. The van der Waals surface area contributed by atoms with Crippen LogP contribution in [0.3, 0.4) is 0 Å². The summed E-state index contributed by atoms with van der Waals surface area (Å²) in [4.78, 5) is 26.5. The highest BCUT2D eigenvalue weighted by Gasteiger charge is 2.18. The lowest BCUT2D eigenvalue weighted by atomic mass is 10.2. The normalized spacial score (nSPS) is 17.2. The second-order valence-corrected chi connectivity index (χ2v) is 4.27. The Labute approximate surface area is 96.8 Å². The number of carbonyl (C=O) groups is 2. The molecular formula is C11H21N3O2. The number of nitrogens with zero attached hydrogens (tertiary/aromatic N) is 2. The molecule has 16 heavy (non-hydrogen) atoms. The van der Waals surface area contributed by atoms with Gasteiger partial charge in [0, 0.05) is 46.1 Å². The van der Waals surface area contributed by atoms with Crippen molar-refractivity contribution in [3.05, 3.63) is 0 Å². The Morgan fingerprint density at radius 3 is 2.38 bits per heavy atom. The van der Waals surface area contributed by atoms with E-state index in [-0.39, 0.29) is 11.8 Å². The fourth-order valence-electron chi connectivity index (χ4n) is 1.72. The number of amides is 2. The quantitative estimate of drug-likeness (QED) is 0.670. The Balaban J connectivity index is 2.12. The number of nitrogens with one attached hydrogen (secondary N) is 1. The molecule has 92 valence electrons. The average molecular weight is 227 g/mol. The monoisotopic (exact) mass is 227 g/mol. The Kier molecular flexibility index (Phi) is 5.25. The van der Waals surface area contributed by atoms with Crippen LogP contribution in [-0.2, 0) is 9.59 Å². The Morgan fingerprint density at radius 1 is 1.19 bits per heavy atom. The molecule has 0 unspecified atom stereocenters. The highest BCUT2D eigenvalue weighted by atomic mass is 16.2. The first-order valence-electron chi connectivity index (χ1n) is 5.80. The summed E-state index contributed by atoms with van der Waals surface area (Å²) in [5, 5.41) is 2.69. The summed E-state index contributed by atoms with van der Waals surface area (Å²) in [6, 6.07) is 0. The van der Waals surface area contributed by atoms with Crippen LogP contribution in [0, 0.1) is 0 Å². The van der Waals surface area contributed by atoms with Crippen LogP contribution in [0.2, 0.25) is 0 Å². The summed E-state index contributed by atoms with van der Waals surface area (Å²) in [5.74, 6) is 0.172. The predicted molar refractivity (Wildman–Crippen MR) is 62.0 cm³/mol. The number of piperazine rings is 1. The molecule has 1 N–H and O–H groups in total. The van der Waals surface area contributed by atoms with Gasteiger partial charge >= 0.3 is 0 Å². The first-order valence-corrected chi connectivity index (χ1v) is 5.80. The summed E-state index contributed by atoms with van der Waals surface area (Å²) < 4.78 is 0. The van der Waals surface area contributed by atoms with Gasteiger partial charge in [-0.25, -0.2) is 0 Å². The SMILES string of the molecule is CC(=O)NCCCC(=O)N1CCN(C)CC1. The van der Waals surface area contributed by atoms with E-state index in [9.17, 15) is 9.59 Å². The van der Waals surface area contributed by atoms with E-state index >= 15 is 0 Å². The molecule has 1 aliphatic rings. The molecule has 1 fully saturated rings. The molecule has 1 rings (SSSR count). The average Bonchev–Trinajstić information content (AvgIpc) is 2.25. The van der Waals surface area contributed by atoms with E-state index in [0.29, 0.717) is 13.0 Å². The lowest BCUT2D eigenvalue weighted by Gasteiger charge is -2.32. The maximum atomic E-state index is 11.7. The van der Waals surface area contributed by atoms with Crippen LogP contribution in [0.4, 0.5) is 0 Å². The molecule has 5 nitrogen and oxygen atoms in total. The van der Waals surface area contributed by atoms with Crippen molar-refractivity contribution in [3.8, 4) is 0 Å². The maximum absolute atomic E-state index is 11.7. The smallest absolute Gasteiger partial charge is 0.222 e. The van der Waals surface area contributed by atoms with Crippen molar-refractivity contribution in [2.24, 2.45) is 0 Å². The van der Waals surface area contributed by atoms with Gasteiger partial charge in [0.05, 0.1) is 0 Å². The second-order valence-electron chi connectivity index (χ2n) is 4.27. The van der Waals surface area contributed by atoms with Gasteiger partial charge in [0.25, 0.3) is 0 Å². The van der Waals surface area contributed by atoms with E-state index in [1.807, 2.05) is 4.90 Å². The van der Waals surface area contributed by atoms with E-state index in [4.69, 9.17) is 0 Å². The largest absolute Gasteiger partial charge is 0.356 e. The molecule has 0 atom stereocenters. The number of carbonyl (C=O) groups excluding carboxylic acids is 2. The lowest BCUT2D eigenvalue weighted by Crippen LogP contribution is -2.47. The second kappa shape index (κ2) is 6.48. The molecule has 1 aliphatic heterocycles. The van der Waals surface area contributed by atoms with Gasteiger partial charge in [-0.05, 0) is 13.5 Å². The molecule has 0 radical (unpaired) electrons.